The average Bonchev–Trinajstić information content (AvgIpc) is 3.26. The van der Waals surface area contributed by atoms with Crippen LogP contribution in [0.4, 0.5) is 20.3 Å². The number of nitrogens with one attached hydrogen (secondary N) is 1. The maximum absolute atomic E-state index is 14.3. The SMILES string of the molecule is C=CS(=O)(=O)Nc1ccc(-c2cnc(N)c(-c3nnnn3-c3cccc(F)c3F)c2)cc1. The summed E-state index contributed by atoms with van der Waals surface area (Å²) in [5.74, 6) is -2.01. The van der Waals surface area contributed by atoms with Crippen molar-refractivity contribution in [1.29, 1.82) is 0 Å². The molecule has 0 fully saturated rings. The van der Waals surface area contributed by atoms with Crippen molar-refractivity contribution in [3.63, 3.8) is 0 Å². The number of anilines is 2. The number of sulfonamides is 1. The Morgan fingerprint density at radius 1 is 1.09 bits per heavy atom. The summed E-state index contributed by atoms with van der Waals surface area (Å²) in [5.41, 5.74) is 7.77. The van der Waals surface area contributed by atoms with Gasteiger partial charge in [0.05, 0.1) is 5.56 Å². The Bertz CT molecular complexity index is 1420. The van der Waals surface area contributed by atoms with Crippen molar-refractivity contribution in [2.24, 2.45) is 0 Å². The van der Waals surface area contributed by atoms with Gasteiger partial charge in [-0.25, -0.2) is 22.2 Å². The number of hydrogen-bond donors (Lipinski definition) is 2. The van der Waals surface area contributed by atoms with E-state index < -0.39 is 21.7 Å². The number of tetrazole rings is 1. The fraction of sp³-hybridized carbons (Fsp3) is 0. The molecule has 2 aromatic heterocycles. The summed E-state index contributed by atoms with van der Waals surface area (Å²) in [6.07, 6.45) is 1.51. The molecule has 0 aliphatic rings. The molecule has 32 heavy (non-hydrogen) atoms. The van der Waals surface area contributed by atoms with Crippen LogP contribution in [0.2, 0.25) is 0 Å². The van der Waals surface area contributed by atoms with Crippen LogP contribution in [0, 0.1) is 11.6 Å². The van der Waals surface area contributed by atoms with Crippen LogP contribution in [-0.4, -0.2) is 33.6 Å². The Hall–Kier alpha value is -4.19. The van der Waals surface area contributed by atoms with E-state index >= 15 is 0 Å². The molecule has 0 aliphatic carbocycles. The summed E-state index contributed by atoms with van der Waals surface area (Å²) in [7, 11) is -3.63. The van der Waals surface area contributed by atoms with Crippen LogP contribution in [0.5, 0.6) is 0 Å². The smallest absolute Gasteiger partial charge is 0.254 e. The molecule has 0 radical (unpaired) electrons. The molecule has 12 heteroatoms. The van der Waals surface area contributed by atoms with Crippen LogP contribution in [-0.2, 0) is 10.0 Å². The molecular formula is C20H15F2N7O2S. The van der Waals surface area contributed by atoms with Crippen molar-refractivity contribution in [1.82, 2.24) is 25.2 Å². The van der Waals surface area contributed by atoms with Gasteiger partial charge in [-0.05, 0) is 46.3 Å². The van der Waals surface area contributed by atoms with Gasteiger partial charge in [0.1, 0.15) is 11.5 Å². The van der Waals surface area contributed by atoms with Crippen molar-refractivity contribution in [3.8, 4) is 28.2 Å². The van der Waals surface area contributed by atoms with E-state index in [1.54, 1.807) is 30.3 Å². The summed E-state index contributed by atoms with van der Waals surface area (Å²) < 4.78 is 54.6. The molecule has 2 heterocycles. The highest BCUT2D eigenvalue weighted by Gasteiger charge is 2.19. The van der Waals surface area contributed by atoms with E-state index in [1.807, 2.05) is 0 Å². The van der Waals surface area contributed by atoms with E-state index in [9.17, 15) is 17.2 Å². The summed E-state index contributed by atoms with van der Waals surface area (Å²) >= 11 is 0. The zero-order valence-corrected chi connectivity index (χ0v) is 17.1. The highest BCUT2D eigenvalue weighted by atomic mass is 32.2. The van der Waals surface area contributed by atoms with E-state index in [0.717, 1.165) is 16.2 Å². The first-order chi connectivity index (χ1) is 15.3. The average molecular weight is 455 g/mol. The predicted octanol–water partition coefficient (Wildman–Crippen LogP) is 3.14. The van der Waals surface area contributed by atoms with Gasteiger partial charge in [-0.15, -0.1) is 5.10 Å². The minimum Gasteiger partial charge on any atom is -0.383 e. The number of benzene rings is 2. The van der Waals surface area contributed by atoms with Gasteiger partial charge in [0.25, 0.3) is 10.0 Å². The Morgan fingerprint density at radius 3 is 2.56 bits per heavy atom. The van der Waals surface area contributed by atoms with Gasteiger partial charge in [-0.1, -0.05) is 24.8 Å². The number of hydrogen-bond acceptors (Lipinski definition) is 7. The zero-order valence-electron chi connectivity index (χ0n) is 16.3. The first-order valence-electron chi connectivity index (χ1n) is 9.03. The molecule has 0 atom stereocenters. The Balaban J connectivity index is 1.73. The van der Waals surface area contributed by atoms with Crippen LogP contribution >= 0.6 is 0 Å². The fourth-order valence-corrected chi connectivity index (χ4v) is 3.47. The molecule has 0 spiro atoms. The Labute approximate surface area is 181 Å². The van der Waals surface area contributed by atoms with E-state index in [2.05, 4.69) is 31.8 Å². The normalized spacial score (nSPS) is 11.3. The van der Waals surface area contributed by atoms with Crippen molar-refractivity contribution in [2.75, 3.05) is 10.5 Å². The van der Waals surface area contributed by atoms with Gasteiger partial charge in [-0.3, -0.25) is 4.72 Å². The minimum atomic E-state index is -3.63. The van der Waals surface area contributed by atoms with Crippen molar-refractivity contribution < 1.29 is 17.2 Å². The lowest BCUT2D eigenvalue weighted by molar-refractivity contribution is 0.501. The molecule has 0 bridgehead atoms. The molecule has 0 unspecified atom stereocenters. The number of pyridine rings is 1. The number of halogens is 2. The number of aromatic nitrogens is 5. The minimum absolute atomic E-state index is 0.0664. The van der Waals surface area contributed by atoms with E-state index in [4.69, 9.17) is 5.73 Å². The van der Waals surface area contributed by atoms with Crippen molar-refractivity contribution >= 4 is 21.5 Å². The van der Waals surface area contributed by atoms with Crippen LogP contribution in [0.25, 0.3) is 28.2 Å². The largest absolute Gasteiger partial charge is 0.383 e. The highest BCUT2D eigenvalue weighted by Crippen LogP contribution is 2.30. The Morgan fingerprint density at radius 2 is 1.84 bits per heavy atom. The van der Waals surface area contributed by atoms with Gasteiger partial charge in [-0.2, -0.15) is 4.68 Å². The third kappa shape index (κ3) is 4.03. The lowest BCUT2D eigenvalue weighted by atomic mass is 10.0. The third-order valence-electron chi connectivity index (χ3n) is 4.49. The topological polar surface area (TPSA) is 129 Å². The molecule has 9 nitrogen and oxygen atoms in total. The second-order valence-electron chi connectivity index (χ2n) is 6.54. The fourth-order valence-electron chi connectivity index (χ4n) is 2.92. The molecule has 0 saturated carbocycles. The molecule has 4 rings (SSSR count). The first kappa shape index (κ1) is 21.1. The molecule has 162 valence electrons. The lowest BCUT2D eigenvalue weighted by Crippen LogP contribution is -2.08. The molecular weight excluding hydrogens is 440 g/mol. The van der Waals surface area contributed by atoms with E-state index in [0.29, 0.717) is 22.4 Å². The number of rotatable bonds is 6. The molecule has 0 saturated heterocycles. The molecule has 4 aromatic rings. The van der Waals surface area contributed by atoms with Gasteiger partial charge in [0.15, 0.2) is 17.5 Å². The number of nitrogen functional groups attached to an aromatic ring is 1. The van der Waals surface area contributed by atoms with Crippen LogP contribution in [0.3, 0.4) is 0 Å². The second-order valence-corrected chi connectivity index (χ2v) is 8.16. The third-order valence-corrected chi connectivity index (χ3v) is 5.45. The molecule has 0 aliphatic heterocycles. The molecule has 2 aromatic carbocycles. The summed E-state index contributed by atoms with van der Waals surface area (Å²) in [6.45, 7) is 3.24. The maximum atomic E-state index is 14.3. The molecule has 3 N–H and O–H groups in total. The highest BCUT2D eigenvalue weighted by molar-refractivity contribution is 7.95. The van der Waals surface area contributed by atoms with E-state index in [1.165, 1.54) is 18.3 Å². The number of nitrogens with two attached hydrogens (primary N) is 1. The van der Waals surface area contributed by atoms with Crippen LogP contribution in [0.1, 0.15) is 0 Å². The summed E-state index contributed by atoms with van der Waals surface area (Å²) in [6, 6.07) is 11.8. The molecule has 0 amide bonds. The summed E-state index contributed by atoms with van der Waals surface area (Å²) in [4.78, 5) is 4.16. The first-order valence-corrected chi connectivity index (χ1v) is 10.6. The van der Waals surface area contributed by atoms with Gasteiger partial charge in [0.2, 0.25) is 0 Å². The lowest BCUT2D eigenvalue weighted by Gasteiger charge is -2.10. The number of nitrogens with zero attached hydrogens (tertiary/aromatic N) is 5. The zero-order chi connectivity index (χ0) is 22.9. The van der Waals surface area contributed by atoms with Crippen molar-refractivity contribution in [3.05, 3.63) is 78.3 Å². The van der Waals surface area contributed by atoms with Gasteiger partial charge in [0, 0.05) is 22.9 Å². The standard InChI is InChI=1S/C20H15F2N7O2S/c1-2-32(30,31)26-14-8-6-12(7-9-14)13-10-15(19(23)24-11-13)20-25-27-28-29(20)17-5-3-4-16(21)18(17)22/h2-11,26H,1H2,(H2,23,24). The Kier molecular flexibility index (Phi) is 5.36. The second kappa shape index (κ2) is 8.15. The van der Waals surface area contributed by atoms with Crippen molar-refractivity contribution in [2.45, 2.75) is 0 Å². The van der Waals surface area contributed by atoms with Gasteiger partial charge < -0.3 is 5.73 Å². The maximum Gasteiger partial charge on any atom is 0.254 e. The van der Waals surface area contributed by atoms with Crippen LogP contribution < -0.4 is 10.5 Å². The van der Waals surface area contributed by atoms with Gasteiger partial charge >= 0.3 is 0 Å². The quantitative estimate of drug-likeness (QED) is 0.457. The monoisotopic (exact) mass is 455 g/mol. The summed E-state index contributed by atoms with van der Waals surface area (Å²) in [5, 5.41) is 12.0. The van der Waals surface area contributed by atoms with Crippen LogP contribution in [0.15, 0.2) is 66.7 Å². The van der Waals surface area contributed by atoms with E-state index in [-0.39, 0.29) is 17.3 Å². The predicted molar refractivity (Wildman–Crippen MR) is 115 cm³/mol.